The minimum absolute atomic E-state index is 0.441. The van der Waals surface area contributed by atoms with Gasteiger partial charge in [-0.15, -0.1) is 0 Å². The second kappa shape index (κ2) is 6.73. The van der Waals surface area contributed by atoms with Crippen molar-refractivity contribution in [1.82, 2.24) is 0 Å². The molecule has 2 rings (SSSR count). The molecule has 0 amide bonds. The molecule has 0 radical (unpaired) electrons. The van der Waals surface area contributed by atoms with Crippen molar-refractivity contribution < 1.29 is 9.84 Å². The first-order chi connectivity index (χ1) is 9.08. The van der Waals surface area contributed by atoms with E-state index < -0.39 is 6.10 Å². The smallest absolute Gasteiger partial charge is 0.0772 e. The molecule has 1 N–H and O–H groups in total. The highest BCUT2D eigenvalue weighted by Gasteiger charge is 2.16. The minimum atomic E-state index is -0.441. The number of anilines is 1. The monoisotopic (exact) mass is 327 g/mol. The van der Waals surface area contributed by atoms with E-state index in [0.717, 1.165) is 42.6 Å². The number of halogens is 1. The van der Waals surface area contributed by atoms with Crippen LogP contribution in [0, 0.1) is 5.92 Å². The highest BCUT2D eigenvalue weighted by Crippen LogP contribution is 2.28. The fourth-order valence-electron chi connectivity index (χ4n) is 2.51. The Hall–Kier alpha value is -0.580. The van der Waals surface area contributed by atoms with E-state index in [9.17, 15) is 5.11 Å². The van der Waals surface area contributed by atoms with Crippen molar-refractivity contribution in [2.75, 3.05) is 31.7 Å². The van der Waals surface area contributed by atoms with Crippen molar-refractivity contribution in [1.29, 1.82) is 0 Å². The third-order valence-corrected chi connectivity index (χ3v) is 4.43. The van der Waals surface area contributed by atoms with E-state index >= 15 is 0 Å². The lowest BCUT2D eigenvalue weighted by molar-refractivity contribution is 0.0685. The van der Waals surface area contributed by atoms with Crippen LogP contribution in [0.15, 0.2) is 22.7 Å². The predicted octanol–water partition coefficient (Wildman–Crippen LogP) is 3.37. The van der Waals surface area contributed by atoms with Gasteiger partial charge in [-0.25, -0.2) is 0 Å². The molecular weight excluding hydrogens is 306 g/mol. The first-order valence-electron chi connectivity index (χ1n) is 6.84. The van der Waals surface area contributed by atoms with Crippen LogP contribution in [-0.2, 0) is 4.74 Å². The number of hydrogen-bond donors (Lipinski definition) is 1. The summed E-state index contributed by atoms with van der Waals surface area (Å²) in [6.07, 6.45) is 1.86. The van der Waals surface area contributed by atoms with Gasteiger partial charge in [-0.1, -0.05) is 22.0 Å². The summed E-state index contributed by atoms with van der Waals surface area (Å²) in [5.74, 6) is 0.717. The number of hydrogen-bond acceptors (Lipinski definition) is 3. The molecule has 0 aliphatic carbocycles. The quantitative estimate of drug-likeness (QED) is 0.920. The lowest BCUT2D eigenvalue weighted by atomic mass is 9.99. The van der Waals surface area contributed by atoms with Crippen molar-refractivity contribution in [3.63, 3.8) is 0 Å². The molecule has 0 bridgehead atoms. The fourth-order valence-corrected chi connectivity index (χ4v) is 3.21. The van der Waals surface area contributed by atoms with E-state index in [1.54, 1.807) is 6.92 Å². The van der Waals surface area contributed by atoms with Gasteiger partial charge in [0.25, 0.3) is 0 Å². The Bertz CT molecular complexity index is 417. The van der Waals surface area contributed by atoms with Crippen LogP contribution in [0.2, 0.25) is 0 Å². The van der Waals surface area contributed by atoms with Gasteiger partial charge in [0.1, 0.15) is 0 Å². The lowest BCUT2D eigenvalue weighted by Crippen LogP contribution is -2.29. The second-order valence-corrected chi connectivity index (χ2v) is 6.17. The second-order valence-electron chi connectivity index (χ2n) is 5.32. The summed E-state index contributed by atoms with van der Waals surface area (Å²) in [5.41, 5.74) is 2.12. The van der Waals surface area contributed by atoms with E-state index in [4.69, 9.17) is 4.74 Å². The molecule has 4 heteroatoms. The van der Waals surface area contributed by atoms with Crippen LogP contribution < -0.4 is 4.90 Å². The molecule has 1 fully saturated rings. The number of ether oxygens (including phenoxy) is 1. The molecule has 0 unspecified atom stereocenters. The number of rotatable bonds is 4. The Kier molecular flexibility index (Phi) is 5.25. The Morgan fingerprint density at radius 2 is 2.11 bits per heavy atom. The summed E-state index contributed by atoms with van der Waals surface area (Å²) in [5, 5.41) is 9.64. The molecule has 19 heavy (non-hydrogen) atoms. The van der Waals surface area contributed by atoms with Gasteiger partial charge in [0.15, 0.2) is 0 Å². The normalized spacial score (nSPS) is 18.3. The molecular formula is C15H22BrNO2. The molecule has 1 aromatic carbocycles. The van der Waals surface area contributed by atoms with Gasteiger partial charge < -0.3 is 14.7 Å². The van der Waals surface area contributed by atoms with Crippen molar-refractivity contribution in [3.05, 3.63) is 28.2 Å². The van der Waals surface area contributed by atoms with Crippen molar-refractivity contribution >= 4 is 21.6 Å². The van der Waals surface area contributed by atoms with Crippen LogP contribution in [0.3, 0.4) is 0 Å². The van der Waals surface area contributed by atoms with Crippen molar-refractivity contribution in [3.8, 4) is 0 Å². The summed E-state index contributed by atoms with van der Waals surface area (Å²) in [4.78, 5) is 2.28. The van der Waals surface area contributed by atoms with E-state index in [2.05, 4.69) is 40.0 Å². The molecule has 1 aliphatic rings. The van der Waals surface area contributed by atoms with Crippen LogP contribution in [0.1, 0.15) is 31.4 Å². The lowest BCUT2D eigenvalue weighted by Gasteiger charge is -2.28. The van der Waals surface area contributed by atoms with Crippen LogP contribution in [0.25, 0.3) is 0 Å². The average Bonchev–Trinajstić information content (AvgIpc) is 2.39. The Morgan fingerprint density at radius 1 is 1.42 bits per heavy atom. The highest BCUT2D eigenvalue weighted by atomic mass is 79.9. The Balaban J connectivity index is 2.02. The van der Waals surface area contributed by atoms with Gasteiger partial charge in [-0.3, -0.25) is 0 Å². The minimum Gasteiger partial charge on any atom is -0.389 e. The third-order valence-electron chi connectivity index (χ3n) is 3.75. The van der Waals surface area contributed by atoms with E-state index in [1.165, 1.54) is 5.69 Å². The number of aliphatic hydroxyl groups excluding tert-OH is 1. The van der Waals surface area contributed by atoms with Crippen LogP contribution in [-0.4, -0.2) is 31.9 Å². The molecule has 3 nitrogen and oxygen atoms in total. The zero-order valence-electron chi connectivity index (χ0n) is 11.6. The van der Waals surface area contributed by atoms with E-state index in [-0.39, 0.29) is 0 Å². The summed E-state index contributed by atoms with van der Waals surface area (Å²) < 4.78 is 6.37. The molecule has 1 saturated heterocycles. The SMILES string of the molecule is C[C@@H](O)c1ccc(N(C)CC2CCOCC2)cc1Br. The largest absolute Gasteiger partial charge is 0.389 e. The molecule has 1 aliphatic heterocycles. The number of nitrogens with zero attached hydrogens (tertiary/aromatic N) is 1. The zero-order valence-corrected chi connectivity index (χ0v) is 13.2. The topological polar surface area (TPSA) is 32.7 Å². The van der Waals surface area contributed by atoms with Gasteiger partial charge in [-0.05, 0) is 43.4 Å². The number of aliphatic hydroxyl groups is 1. The van der Waals surface area contributed by atoms with E-state index in [1.807, 2.05) is 6.07 Å². The fraction of sp³-hybridized carbons (Fsp3) is 0.600. The van der Waals surface area contributed by atoms with Crippen molar-refractivity contribution in [2.24, 2.45) is 5.92 Å². The van der Waals surface area contributed by atoms with Crippen LogP contribution in [0.4, 0.5) is 5.69 Å². The predicted molar refractivity (Wildman–Crippen MR) is 81.6 cm³/mol. The van der Waals surface area contributed by atoms with Gasteiger partial charge in [-0.2, -0.15) is 0 Å². The molecule has 0 aromatic heterocycles. The Labute approximate surface area is 123 Å². The third kappa shape index (κ3) is 3.94. The van der Waals surface area contributed by atoms with Gasteiger partial charge >= 0.3 is 0 Å². The van der Waals surface area contributed by atoms with Crippen LogP contribution in [0.5, 0.6) is 0 Å². The summed E-state index contributed by atoms with van der Waals surface area (Å²) in [7, 11) is 2.12. The first kappa shape index (κ1) is 14.8. The van der Waals surface area contributed by atoms with Gasteiger partial charge in [0.2, 0.25) is 0 Å². The number of benzene rings is 1. The zero-order chi connectivity index (χ0) is 13.8. The molecule has 1 aromatic rings. The summed E-state index contributed by atoms with van der Waals surface area (Å²) in [6.45, 7) is 4.63. The van der Waals surface area contributed by atoms with Crippen LogP contribution >= 0.6 is 15.9 Å². The molecule has 1 atom stereocenters. The van der Waals surface area contributed by atoms with Gasteiger partial charge in [0, 0.05) is 37.0 Å². The molecule has 106 valence electrons. The summed E-state index contributed by atoms with van der Waals surface area (Å²) >= 11 is 3.53. The van der Waals surface area contributed by atoms with Crippen molar-refractivity contribution in [2.45, 2.75) is 25.9 Å². The maximum absolute atomic E-state index is 9.64. The highest BCUT2D eigenvalue weighted by molar-refractivity contribution is 9.10. The average molecular weight is 328 g/mol. The first-order valence-corrected chi connectivity index (χ1v) is 7.63. The maximum atomic E-state index is 9.64. The summed E-state index contributed by atoms with van der Waals surface area (Å²) in [6, 6.07) is 6.15. The molecule has 0 spiro atoms. The standard InChI is InChI=1S/C15H22BrNO2/c1-11(18)14-4-3-13(9-15(14)16)17(2)10-12-5-7-19-8-6-12/h3-4,9,11-12,18H,5-8,10H2,1-2H3/t11-/m1/s1. The Morgan fingerprint density at radius 3 is 2.68 bits per heavy atom. The molecule has 0 saturated carbocycles. The maximum Gasteiger partial charge on any atom is 0.0772 e. The molecule has 1 heterocycles. The van der Waals surface area contributed by atoms with E-state index in [0.29, 0.717) is 5.92 Å². The van der Waals surface area contributed by atoms with Gasteiger partial charge in [0.05, 0.1) is 6.10 Å².